The maximum Gasteiger partial charge on any atom is 0.00772 e. The highest BCUT2D eigenvalue weighted by Gasteiger charge is 1.93. The molecule has 1 aromatic carbocycles. The monoisotopic (exact) mass is 177 g/mol. The van der Waals surface area contributed by atoms with Gasteiger partial charge in [-0.1, -0.05) is 38.1 Å². The first-order valence-corrected chi connectivity index (χ1v) is 5.16. The van der Waals surface area contributed by atoms with E-state index < -0.39 is 0 Å². The van der Waals surface area contributed by atoms with Gasteiger partial charge in [-0.2, -0.15) is 0 Å². The quantitative estimate of drug-likeness (QED) is 0.688. The van der Waals surface area contributed by atoms with Crippen LogP contribution >= 0.6 is 0 Å². The molecule has 0 radical (unpaired) electrons. The predicted octanol–water partition coefficient (Wildman–Crippen LogP) is 2.40. The van der Waals surface area contributed by atoms with E-state index in [0.717, 1.165) is 12.8 Å². The molecule has 1 aliphatic rings. The highest BCUT2D eigenvalue weighted by atomic mass is 15.0. The number of nitrogens with one attached hydrogen (secondary N) is 1. The van der Waals surface area contributed by atoms with Crippen molar-refractivity contribution in [3.05, 3.63) is 35.4 Å². The van der Waals surface area contributed by atoms with Crippen LogP contribution in [0.25, 0.3) is 0 Å². The largest absolute Gasteiger partial charge is 0.314 e. The predicted molar refractivity (Wildman–Crippen MR) is 58.1 cm³/mol. The first-order chi connectivity index (χ1) is 6.38. The Balaban J connectivity index is 0.000000236. The van der Waals surface area contributed by atoms with Crippen molar-refractivity contribution in [3.63, 3.8) is 0 Å². The van der Waals surface area contributed by atoms with Crippen LogP contribution in [-0.2, 0) is 12.8 Å². The summed E-state index contributed by atoms with van der Waals surface area (Å²) in [5, 5.41) is 3.00. The Bertz CT molecular complexity index is 215. The molecule has 13 heavy (non-hydrogen) atoms. The highest BCUT2D eigenvalue weighted by Crippen LogP contribution is 2.08. The minimum atomic E-state index is 1.16. The summed E-state index contributed by atoms with van der Waals surface area (Å²) in [6.45, 7) is 6.91. The van der Waals surface area contributed by atoms with Gasteiger partial charge >= 0.3 is 0 Å². The molecule has 1 fully saturated rings. The van der Waals surface area contributed by atoms with Gasteiger partial charge in [0.1, 0.15) is 0 Å². The maximum atomic E-state index is 3.00. The van der Waals surface area contributed by atoms with Gasteiger partial charge in [-0.05, 0) is 24.0 Å². The number of benzene rings is 1. The first kappa shape index (κ1) is 10.3. The average molecular weight is 177 g/mol. The van der Waals surface area contributed by atoms with Crippen LogP contribution in [0, 0.1) is 0 Å². The van der Waals surface area contributed by atoms with Gasteiger partial charge in [0.05, 0.1) is 0 Å². The van der Waals surface area contributed by atoms with Crippen LogP contribution in [-0.4, -0.2) is 13.1 Å². The lowest BCUT2D eigenvalue weighted by Gasteiger charge is -2.02. The van der Waals surface area contributed by atoms with Crippen LogP contribution < -0.4 is 5.32 Å². The number of hydrogen-bond acceptors (Lipinski definition) is 1. The van der Waals surface area contributed by atoms with Crippen LogP contribution in [0.15, 0.2) is 24.3 Å². The average Bonchev–Trinajstić information content (AvgIpc) is 3.04. The third kappa shape index (κ3) is 4.09. The Morgan fingerprint density at radius 1 is 1.00 bits per heavy atom. The molecule has 0 amide bonds. The van der Waals surface area contributed by atoms with Crippen molar-refractivity contribution in [2.24, 2.45) is 0 Å². The molecule has 1 aromatic rings. The zero-order valence-electron chi connectivity index (χ0n) is 8.64. The lowest BCUT2D eigenvalue weighted by molar-refractivity contribution is 1.04. The van der Waals surface area contributed by atoms with Crippen molar-refractivity contribution in [2.75, 3.05) is 13.1 Å². The van der Waals surface area contributed by atoms with Gasteiger partial charge in [-0.15, -0.1) is 0 Å². The van der Waals surface area contributed by atoms with Crippen molar-refractivity contribution in [1.29, 1.82) is 0 Å². The zero-order valence-corrected chi connectivity index (χ0v) is 8.64. The Hall–Kier alpha value is -0.820. The molecule has 2 rings (SSSR count). The number of rotatable bonds is 2. The van der Waals surface area contributed by atoms with Gasteiger partial charge in [0.15, 0.2) is 0 Å². The van der Waals surface area contributed by atoms with E-state index in [1.807, 2.05) is 0 Å². The molecule has 1 aliphatic heterocycles. The van der Waals surface area contributed by atoms with E-state index in [-0.39, 0.29) is 0 Å². The third-order valence-electron chi connectivity index (χ3n) is 2.13. The van der Waals surface area contributed by atoms with Gasteiger partial charge in [-0.25, -0.2) is 0 Å². The van der Waals surface area contributed by atoms with E-state index in [1.54, 1.807) is 0 Å². The smallest absolute Gasteiger partial charge is 0.00772 e. The zero-order chi connectivity index (χ0) is 9.52. The summed E-state index contributed by atoms with van der Waals surface area (Å²) in [6.07, 6.45) is 2.31. The lowest BCUT2D eigenvalue weighted by Crippen LogP contribution is -1.88. The van der Waals surface area contributed by atoms with Crippen LogP contribution in [0.2, 0.25) is 0 Å². The van der Waals surface area contributed by atoms with Gasteiger partial charge in [0.25, 0.3) is 0 Å². The van der Waals surface area contributed by atoms with Crippen LogP contribution in [0.4, 0.5) is 0 Å². The highest BCUT2D eigenvalue weighted by molar-refractivity contribution is 5.26. The molecule has 0 atom stereocenters. The lowest BCUT2D eigenvalue weighted by atomic mass is 10.0. The van der Waals surface area contributed by atoms with Gasteiger partial charge < -0.3 is 5.32 Å². The second-order valence-corrected chi connectivity index (χ2v) is 3.23. The minimum absolute atomic E-state index is 1.16. The molecular formula is C12H19N. The number of aryl methyl sites for hydroxylation is 2. The normalized spacial score (nSPS) is 13.1. The molecule has 0 aromatic heterocycles. The minimum Gasteiger partial charge on any atom is -0.314 e. The third-order valence-corrected chi connectivity index (χ3v) is 2.13. The number of hydrogen-bond donors (Lipinski definition) is 1. The Kier molecular flexibility index (Phi) is 4.55. The van der Waals surface area contributed by atoms with Crippen LogP contribution in [0.3, 0.4) is 0 Å². The second kappa shape index (κ2) is 5.76. The van der Waals surface area contributed by atoms with Crippen molar-refractivity contribution in [3.8, 4) is 0 Å². The van der Waals surface area contributed by atoms with Gasteiger partial charge in [-0.3, -0.25) is 0 Å². The molecule has 0 unspecified atom stereocenters. The summed E-state index contributed by atoms with van der Waals surface area (Å²) in [5.41, 5.74) is 2.98. The summed E-state index contributed by atoms with van der Waals surface area (Å²) in [5.74, 6) is 0. The molecule has 0 spiro atoms. The molecule has 1 heteroatoms. The molecule has 72 valence electrons. The fraction of sp³-hybridized carbons (Fsp3) is 0.500. The molecule has 1 N–H and O–H groups in total. The SMILES string of the molecule is C1CN1.CCc1ccccc1CC. The Morgan fingerprint density at radius 2 is 1.38 bits per heavy atom. The molecule has 0 aliphatic carbocycles. The molecule has 1 nitrogen and oxygen atoms in total. The molecule has 0 bridgehead atoms. The summed E-state index contributed by atoms with van der Waals surface area (Å²) in [4.78, 5) is 0. The Morgan fingerprint density at radius 3 is 1.62 bits per heavy atom. The molecule has 1 saturated heterocycles. The van der Waals surface area contributed by atoms with E-state index in [4.69, 9.17) is 0 Å². The van der Waals surface area contributed by atoms with E-state index in [0.29, 0.717) is 0 Å². The standard InChI is InChI=1S/C10H14.C2H5N/c1-3-9-7-5-6-8-10(9)4-2;1-2-3-1/h5-8H,3-4H2,1-2H3;3H,1-2H2. The van der Waals surface area contributed by atoms with Gasteiger partial charge in [0, 0.05) is 13.1 Å². The fourth-order valence-electron chi connectivity index (χ4n) is 1.25. The molecule has 0 saturated carbocycles. The topological polar surface area (TPSA) is 21.9 Å². The van der Waals surface area contributed by atoms with E-state index in [2.05, 4.69) is 43.4 Å². The van der Waals surface area contributed by atoms with Crippen LogP contribution in [0.1, 0.15) is 25.0 Å². The van der Waals surface area contributed by atoms with E-state index in [9.17, 15) is 0 Å². The molecular weight excluding hydrogens is 158 g/mol. The Labute approximate surface area is 81.2 Å². The summed E-state index contributed by atoms with van der Waals surface area (Å²) >= 11 is 0. The first-order valence-electron chi connectivity index (χ1n) is 5.16. The summed E-state index contributed by atoms with van der Waals surface area (Å²) < 4.78 is 0. The van der Waals surface area contributed by atoms with E-state index in [1.165, 1.54) is 24.2 Å². The summed E-state index contributed by atoms with van der Waals surface area (Å²) in [6, 6.07) is 8.63. The van der Waals surface area contributed by atoms with Crippen LogP contribution in [0.5, 0.6) is 0 Å². The summed E-state index contributed by atoms with van der Waals surface area (Å²) in [7, 11) is 0. The van der Waals surface area contributed by atoms with Gasteiger partial charge in [0.2, 0.25) is 0 Å². The second-order valence-electron chi connectivity index (χ2n) is 3.23. The van der Waals surface area contributed by atoms with E-state index >= 15 is 0 Å². The fourth-order valence-corrected chi connectivity index (χ4v) is 1.25. The van der Waals surface area contributed by atoms with Crippen molar-refractivity contribution >= 4 is 0 Å². The van der Waals surface area contributed by atoms with Crippen molar-refractivity contribution in [1.82, 2.24) is 5.32 Å². The maximum absolute atomic E-state index is 3.00. The van der Waals surface area contributed by atoms with Crippen molar-refractivity contribution in [2.45, 2.75) is 26.7 Å². The molecule has 1 heterocycles. The van der Waals surface area contributed by atoms with Crippen molar-refractivity contribution < 1.29 is 0 Å².